The molecule has 0 aromatic carbocycles. The van der Waals surface area contributed by atoms with Crippen LogP contribution in [0, 0.1) is 0 Å². The molecule has 13 heteroatoms. The molecule has 0 aromatic heterocycles. The Bertz CT molecular complexity index is 490. The van der Waals surface area contributed by atoms with Crippen LogP contribution in [0.4, 0.5) is 0 Å². The number of azide groups is 1. The van der Waals surface area contributed by atoms with Crippen molar-refractivity contribution < 1.29 is 50.0 Å². The second kappa shape index (κ2) is 8.53. The van der Waals surface area contributed by atoms with Gasteiger partial charge in [0.1, 0.15) is 42.7 Å². The molecule has 2 saturated heterocycles. The molecule has 4 unspecified atom stereocenters. The van der Waals surface area contributed by atoms with E-state index in [0.717, 1.165) is 0 Å². The van der Waals surface area contributed by atoms with Gasteiger partial charge in [0.2, 0.25) is 0 Å². The molecular formula is C12H21N3O10. The van der Waals surface area contributed by atoms with Crippen molar-refractivity contribution in [2.75, 3.05) is 13.2 Å². The standard InChI is InChI=1S/C12H21N3O10/c13-15-14-5-8(20)6(18)3(1-16)23-11(5)25-12-10(22)9(21)7(19)4(2-17)24-12/h3-12,16-22H,1-2H2/t3?,4?,5?,6-,7-,8-,9?,10-,11-,12-/m1/s1. The third-order valence-electron chi connectivity index (χ3n) is 4.15. The number of aliphatic hydroxyl groups is 7. The van der Waals surface area contributed by atoms with Crippen molar-refractivity contribution in [3.8, 4) is 0 Å². The van der Waals surface area contributed by atoms with Gasteiger partial charge in [-0.15, -0.1) is 0 Å². The van der Waals surface area contributed by atoms with Crippen LogP contribution >= 0.6 is 0 Å². The smallest absolute Gasteiger partial charge is 0.189 e. The average molecular weight is 367 g/mol. The largest absolute Gasteiger partial charge is 0.394 e. The van der Waals surface area contributed by atoms with Gasteiger partial charge in [0.25, 0.3) is 0 Å². The van der Waals surface area contributed by atoms with Gasteiger partial charge in [0, 0.05) is 4.91 Å². The van der Waals surface area contributed by atoms with Crippen molar-refractivity contribution in [3.63, 3.8) is 0 Å². The quantitative estimate of drug-likeness (QED) is 0.141. The fourth-order valence-corrected chi connectivity index (χ4v) is 2.67. The van der Waals surface area contributed by atoms with Gasteiger partial charge < -0.3 is 50.0 Å². The SMILES string of the molecule is [N-]=[N+]=NC1[C@@H](O[C@H]2OC(CO)[C@@H](O)C(O)[C@H]2O)OC(CO)[C@@H](O)[C@@H]1O. The van der Waals surface area contributed by atoms with Crippen LogP contribution in [0.1, 0.15) is 0 Å². The zero-order chi connectivity index (χ0) is 18.7. The van der Waals surface area contributed by atoms with E-state index in [2.05, 4.69) is 10.0 Å². The summed E-state index contributed by atoms with van der Waals surface area (Å²) in [5, 5.41) is 70.8. The summed E-state index contributed by atoms with van der Waals surface area (Å²) in [6.45, 7) is -1.37. The van der Waals surface area contributed by atoms with Crippen LogP contribution in [0.3, 0.4) is 0 Å². The number of hydrogen-bond donors (Lipinski definition) is 7. The molecule has 10 atom stereocenters. The van der Waals surface area contributed by atoms with Crippen molar-refractivity contribution >= 4 is 0 Å². The number of ether oxygens (including phenoxy) is 3. The van der Waals surface area contributed by atoms with E-state index in [4.69, 9.17) is 24.8 Å². The van der Waals surface area contributed by atoms with E-state index in [1.54, 1.807) is 0 Å². The minimum absolute atomic E-state index is 0.684. The fraction of sp³-hybridized carbons (Fsp3) is 1.00. The van der Waals surface area contributed by atoms with Gasteiger partial charge in [0.15, 0.2) is 12.6 Å². The summed E-state index contributed by atoms with van der Waals surface area (Å²) in [6.07, 6.45) is -13.9. The second-order valence-corrected chi connectivity index (χ2v) is 5.74. The molecule has 0 bridgehead atoms. The summed E-state index contributed by atoms with van der Waals surface area (Å²) in [4.78, 5) is 2.51. The summed E-state index contributed by atoms with van der Waals surface area (Å²) in [5.41, 5.74) is 8.60. The molecule has 2 fully saturated rings. The van der Waals surface area contributed by atoms with Gasteiger partial charge in [-0.2, -0.15) is 0 Å². The van der Waals surface area contributed by atoms with Gasteiger partial charge in [0.05, 0.1) is 19.3 Å². The van der Waals surface area contributed by atoms with E-state index < -0.39 is 74.6 Å². The highest BCUT2D eigenvalue weighted by Crippen LogP contribution is 2.29. The van der Waals surface area contributed by atoms with E-state index in [0.29, 0.717) is 0 Å². The average Bonchev–Trinajstić information content (AvgIpc) is 2.61. The van der Waals surface area contributed by atoms with Crippen LogP contribution in [0.15, 0.2) is 5.11 Å². The summed E-state index contributed by atoms with van der Waals surface area (Å²) in [6, 6.07) is -1.45. The third-order valence-corrected chi connectivity index (χ3v) is 4.15. The first-order chi connectivity index (χ1) is 11.8. The summed E-state index contributed by atoms with van der Waals surface area (Å²) >= 11 is 0. The van der Waals surface area contributed by atoms with Gasteiger partial charge in [-0.25, -0.2) is 0 Å². The van der Waals surface area contributed by atoms with Crippen LogP contribution < -0.4 is 0 Å². The molecule has 0 amide bonds. The normalized spacial score (nSPS) is 48.0. The highest BCUT2D eigenvalue weighted by Gasteiger charge is 2.49. The molecule has 144 valence electrons. The van der Waals surface area contributed by atoms with Crippen LogP contribution in [-0.4, -0.2) is 110 Å². The minimum atomic E-state index is -1.75. The van der Waals surface area contributed by atoms with Crippen molar-refractivity contribution in [2.24, 2.45) is 5.11 Å². The van der Waals surface area contributed by atoms with Gasteiger partial charge >= 0.3 is 0 Å². The molecule has 2 rings (SSSR count). The molecule has 0 radical (unpaired) electrons. The molecule has 0 aromatic rings. The lowest BCUT2D eigenvalue weighted by atomic mass is 9.97. The van der Waals surface area contributed by atoms with Crippen molar-refractivity contribution in [3.05, 3.63) is 10.4 Å². The lowest BCUT2D eigenvalue weighted by Crippen LogP contribution is -2.63. The Kier molecular flexibility index (Phi) is 6.90. The summed E-state index contributed by atoms with van der Waals surface area (Å²) < 4.78 is 15.6. The molecule has 0 aliphatic carbocycles. The van der Waals surface area contributed by atoms with E-state index in [1.807, 2.05) is 0 Å². The Balaban J connectivity index is 2.18. The highest BCUT2D eigenvalue weighted by atomic mass is 16.8. The maximum atomic E-state index is 10.0. The molecular weight excluding hydrogens is 346 g/mol. The molecule has 7 N–H and O–H groups in total. The first kappa shape index (κ1) is 20.2. The van der Waals surface area contributed by atoms with Gasteiger partial charge in [-0.1, -0.05) is 5.11 Å². The summed E-state index contributed by atoms with van der Waals surface area (Å²) in [5.74, 6) is 0. The lowest BCUT2D eigenvalue weighted by molar-refractivity contribution is -0.361. The maximum Gasteiger partial charge on any atom is 0.189 e. The van der Waals surface area contributed by atoms with E-state index in [1.165, 1.54) is 0 Å². The number of rotatable bonds is 5. The Morgan fingerprint density at radius 3 is 1.84 bits per heavy atom. The lowest BCUT2D eigenvalue weighted by Gasteiger charge is -2.44. The van der Waals surface area contributed by atoms with Gasteiger partial charge in [-0.3, -0.25) is 0 Å². The Morgan fingerprint density at radius 1 is 0.800 bits per heavy atom. The van der Waals surface area contributed by atoms with Crippen molar-refractivity contribution in [2.45, 2.75) is 61.3 Å². The monoisotopic (exact) mass is 367 g/mol. The Labute approximate surface area is 141 Å². The zero-order valence-electron chi connectivity index (χ0n) is 12.9. The Morgan fingerprint density at radius 2 is 1.32 bits per heavy atom. The first-order valence-corrected chi connectivity index (χ1v) is 7.48. The van der Waals surface area contributed by atoms with Crippen molar-refractivity contribution in [1.82, 2.24) is 0 Å². The molecule has 2 aliphatic rings. The molecule has 2 aliphatic heterocycles. The van der Waals surface area contributed by atoms with E-state index >= 15 is 0 Å². The number of aliphatic hydroxyl groups excluding tert-OH is 7. The number of hydrogen-bond acceptors (Lipinski definition) is 11. The molecule has 13 nitrogen and oxygen atoms in total. The van der Waals surface area contributed by atoms with Crippen LogP contribution in [0.25, 0.3) is 10.4 Å². The zero-order valence-corrected chi connectivity index (χ0v) is 12.9. The van der Waals surface area contributed by atoms with Crippen molar-refractivity contribution in [1.29, 1.82) is 0 Å². The van der Waals surface area contributed by atoms with Crippen LogP contribution in [0.2, 0.25) is 0 Å². The second-order valence-electron chi connectivity index (χ2n) is 5.74. The number of nitrogens with zero attached hydrogens (tertiary/aromatic N) is 3. The Hall–Kier alpha value is -1.09. The highest BCUT2D eigenvalue weighted by molar-refractivity contribution is 4.95. The first-order valence-electron chi connectivity index (χ1n) is 7.48. The maximum absolute atomic E-state index is 10.0. The fourth-order valence-electron chi connectivity index (χ4n) is 2.67. The third kappa shape index (κ3) is 4.02. The van der Waals surface area contributed by atoms with Crippen LogP contribution in [0.5, 0.6) is 0 Å². The molecule has 25 heavy (non-hydrogen) atoms. The molecule has 0 spiro atoms. The predicted molar refractivity (Wildman–Crippen MR) is 75.5 cm³/mol. The predicted octanol–water partition coefficient (Wildman–Crippen LogP) is -4.08. The topological polar surface area (TPSA) is 218 Å². The van der Waals surface area contributed by atoms with E-state index in [9.17, 15) is 30.6 Å². The van der Waals surface area contributed by atoms with Crippen LogP contribution in [-0.2, 0) is 14.2 Å². The minimum Gasteiger partial charge on any atom is -0.394 e. The summed E-state index contributed by atoms with van der Waals surface area (Å²) in [7, 11) is 0. The van der Waals surface area contributed by atoms with Gasteiger partial charge in [-0.05, 0) is 5.53 Å². The van der Waals surface area contributed by atoms with E-state index in [-0.39, 0.29) is 0 Å². The molecule has 2 heterocycles. The molecule has 0 saturated carbocycles.